The Morgan fingerprint density at radius 3 is 2.58 bits per heavy atom. The van der Waals surface area contributed by atoms with E-state index in [0.29, 0.717) is 0 Å². The Bertz CT molecular complexity index is 239. The molecule has 0 radical (unpaired) electrons. The third-order valence-corrected chi connectivity index (χ3v) is 2.71. The van der Waals surface area contributed by atoms with Crippen molar-refractivity contribution >= 4 is 32.5 Å². The van der Waals surface area contributed by atoms with E-state index >= 15 is 0 Å². The van der Waals surface area contributed by atoms with E-state index in [-0.39, 0.29) is 0 Å². The molecule has 0 fully saturated rings. The SMILES string of the molecule is C=C(C/C(C=N)=C/C)C(I)=NC. The first-order valence-corrected chi connectivity index (χ1v) is 4.69. The molecule has 0 spiro atoms. The third kappa shape index (κ3) is 3.80. The second-order valence-corrected chi connectivity index (χ2v) is 3.32. The van der Waals surface area contributed by atoms with Crippen molar-refractivity contribution in [3.05, 3.63) is 23.8 Å². The largest absolute Gasteiger partial charge is 0.308 e. The molecule has 0 aliphatic carbocycles. The molecule has 0 rings (SSSR count). The van der Waals surface area contributed by atoms with Gasteiger partial charge in [-0.2, -0.15) is 0 Å². The predicted octanol–water partition coefficient (Wildman–Crippen LogP) is 2.99. The van der Waals surface area contributed by atoms with Crippen LogP contribution in [-0.2, 0) is 0 Å². The highest BCUT2D eigenvalue weighted by molar-refractivity contribution is 14.1. The van der Waals surface area contributed by atoms with Crippen LogP contribution >= 0.6 is 22.6 Å². The summed E-state index contributed by atoms with van der Waals surface area (Å²) in [6, 6.07) is 0. The Morgan fingerprint density at radius 2 is 2.25 bits per heavy atom. The van der Waals surface area contributed by atoms with Crippen LogP contribution < -0.4 is 0 Å². The zero-order valence-electron chi connectivity index (χ0n) is 7.39. The minimum atomic E-state index is 0.718. The molecule has 0 atom stereocenters. The molecule has 0 aromatic heterocycles. The van der Waals surface area contributed by atoms with Gasteiger partial charge in [0.25, 0.3) is 0 Å². The molecule has 3 heteroatoms. The lowest BCUT2D eigenvalue weighted by Crippen LogP contribution is -1.94. The molecular weight excluding hydrogens is 263 g/mol. The molecular formula is C9H13IN2. The van der Waals surface area contributed by atoms with E-state index in [1.54, 1.807) is 7.05 Å². The highest BCUT2D eigenvalue weighted by Gasteiger charge is 2.00. The molecule has 0 amide bonds. The van der Waals surface area contributed by atoms with Crippen LogP contribution in [0.3, 0.4) is 0 Å². The Hall–Kier alpha value is -0.450. The molecule has 0 aromatic rings. The van der Waals surface area contributed by atoms with Gasteiger partial charge >= 0.3 is 0 Å². The molecule has 0 aliphatic heterocycles. The van der Waals surface area contributed by atoms with Crippen molar-refractivity contribution in [3.8, 4) is 0 Å². The number of halogens is 1. The molecule has 0 aromatic carbocycles. The van der Waals surface area contributed by atoms with Gasteiger partial charge in [-0.3, -0.25) is 4.99 Å². The first-order chi connectivity index (χ1) is 5.65. The zero-order chi connectivity index (χ0) is 9.56. The van der Waals surface area contributed by atoms with Crippen LogP contribution in [0.25, 0.3) is 0 Å². The lowest BCUT2D eigenvalue weighted by atomic mass is 10.1. The quantitative estimate of drug-likeness (QED) is 0.605. The number of rotatable bonds is 4. The van der Waals surface area contributed by atoms with Crippen molar-refractivity contribution in [2.45, 2.75) is 13.3 Å². The zero-order valence-corrected chi connectivity index (χ0v) is 9.55. The van der Waals surface area contributed by atoms with E-state index in [2.05, 4.69) is 34.2 Å². The minimum Gasteiger partial charge on any atom is -0.308 e. The molecule has 1 N–H and O–H groups in total. The van der Waals surface area contributed by atoms with Crippen LogP contribution in [-0.4, -0.2) is 17.0 Å². The first-order valence-electron chi connectivity index (χ1n) is 3.61. The van der Waals surface area contributed by atoms with E-state index in [9.17, 15) is 0 Å². The van der Waals surface area contributed by atoms with Crippen LogP contribution in [0.4, 0.5) is 0 Å². The maximum atomic E-state index is 7.07. The normalized spacial score (nSPS) is 12.9. The molecule has 66 valence electrons. The van der Waals surface area contributed by atoms with E-state index in [1.165, 1.54) is 6.21 Å². The molecule has 0 saturated carbocycles. The second kappa shape index (κ2) is 6.11. The molecule has 0 heterocycles. The van der Waals surface area contributed by atoms with Gasteiger partial charge in [-0.1, -0.05) is 12.7 Å². The number of hydrogen-bond donors (Lipinski definition) is 1. The fraction of sp³-hybridized carbons (Fsp3) is 0.333. The van der Waals surface area contributed by atoms with E-state index in [4.69, 9.17) is 5.41 Å². The number of nitrogens with one attached hydrogen (secondary N) is 1. The smallest absolute Gasteiger partial charge is 0.0979 e. The maximum absolute atomic E-state index is 7.07. The molecule has 2 nitrogen and oxygen atoms in total. The summed E-state index contributed by atoms with van der Waals surface area (Å²) in [5.74, 6) is 0. The van der Waals surface area contributed by atoms with Crippen LogP contribution in [0.15, 0.2) is 28.8 Å². The summed E-state index contributed by atoms with van der Waals surface area (Å²) >= 11 is 2.15. The van der Waals surface area contributed by atoms with Crippen molar-refractivity contribution < 1.29 is 0 Å². The van der Waals surface area contributed by atoms with Gasteiger partial charge in [0.1, 0.15) is 0 Å². The van der Waals surface area contributed by atoms with Gasteiger partial charge in [0.2, 0.25) is 0 Å². The second-order valence-electron chi connectivity index (χ2n) is 2.30. The standard InChI is InChI=1S/C9H13IN2/c1-4-8(6-11)5-7(2)9(10)12-3/h4,6,11H,2,5H2,1,3H3/b8-4-,11-6?,12-9?. The molecule has 0 unspecified atom stereocenters. The Labute approximate surface area is 87.1 Å². The van der Waals surface area contributed by atoms with Crippen molar-refractivity contribution in [1.29, 1.82) is 5.41 Å². The summed E-state index contributed by atoms with van der Waals surface area (Å²) in [5.41, 5.74) is 1.94. The number of nitrogens with zero attached hydrogens (tertiary/aromatic N) is 1. The lowest BCUT2D eigenvalue weighted by molar-refractivity contribution is 1.26. The Morgan fingerprint density at radius 1 is 1.67 bits per heavy atom. The lowest BCUT2D eigenvalue weighted by Gasteiger charge is -2.02. The van der Waals surface area contributed by atoms with Crippen LogP contribution in [0.1, 0.15) is 13.3 Å². The van der Waals surface area contributed by atoms with Gasteiger partial charge in [-0.05, 0) is 40.7 Å². The highest BCUT2D eigenvalue weighted by Crippen LogP contribution is 2.12. The molecule has 0 bridgehead atoms. The molecule has 0 aliphatic rings. The van der Waals surface area contributed by atoms with E-state index < -0.39 is 0 Å². The number of aliphatic imine (C=N–C) groups is 1. The average Bonchev–Trinajstić information content (AvgIpc) is 2.12. The summed E-state index contributed by atoms with van der Waals surface area (Å²) in [7, 11) is 1.74. The number of hydrogen-bond acceptors (Lipinski definition) is 2. The fourth-order valence-corrected chi connectivity index (χ4v) is 0.905. The number of allylic oxidation sites excluding steroid dienone is 3. The average molecular weight is 276 g/mol. The monoisotopic (exact) mass is 276 g/mol. The van der Waals surface area contributed by atoms with Gasteiger partial charge in [0, 0.05) is 19.7 Å². The molecule has 12 heavy (non-hydrogen) atoms. The Balaban J connectivity index is 4.28. The van der Waals surface area contributed by atoms with E-state index in [0.717, 1.165) is 21.3 Å². The van der Waals surface area contributed by atoms with Gasteiger partial charge in [0.15, 0.2) is 0 Å². The van der Waals surface area contributed by atoms with Crippen LogP contribution in [0, 0.1) is 5.41 Å². The van der Waals surface area contributed by atoms with Gasteiger partial charge in [0.05, 0.1) is 3.72 Å². The van der Waals surface area contributed by atoms with E-state index in [1.807, 2.05) is 13.0 Å². The van der Waals surface area contributed by atoms with Crippen molar-refractivity contribution in [1.82, 2.24) is 0 Å². The highest BCUT2D eigenvalue weighted by atomic mass is 127. The predicted molar refractivity (Wildman–Crippen MR) is 63.7 cm³/mol. The third-order valence-electron chi connectivity index (χ3n) is 1.46. The Kier molecular flexibility index (Phi) is 5.88. The maximum Gasteiger partial charge on any atom is 0.0979 e. The fourth-order valence-electron chi connectivity index (χ4n) is 0.714. The van der Waals surface area contributed by atoms with Gasteiger partial charge < -0.3 is 5.41 Å². The molecule has 0 saturated heterocycles. The summed E-state index contributed by atoms with van der Waals surface area (Å²) < 4.78 is 0.925. The summed E-state index contributed by atoms with van der Waals surface area (Å²) in [6.45, 7) is 5.80. The topological polar surface area (TPSA) is 36.2 Å². The van der Waals surface area contributed by atoms with Gasteiger partial charge in [-0.25, -0.2) is 0 Å². The van der Waals surface area contributed by atoms with Crippen molar-refractivity contribution in [2.75, 3.05) is 7.05 Å². The first kappa shape index (κ1) is 11.6. The van der Waals surface area contributed by atoms with Crippen LogP contribution in [0.5, 0.6) is 0 Å². The van der Waals surface area contributed by atoms with Crippen molar-refractivity contribution in [2.24, 2.45) is 4.99 Å². The van der Waals surface area contributed by atoms with Gasteiger partial charge in [-0.15, -0.1) is 0 Å². The minimum absolute atomic E-state index is 0.718. The summed E-state index contributed by atoms with van der Waals surface area (Å²) in [4.78, 5) is 4.01. The summed E-state index contributed by atoms with van der Waals surface area (Å²) in [6.07, 6.45) is 3.98. The summed E-state index contributed by atoms with van der Waals surface area (Å²) in [5, 5.41) is 7.07. The van der Waals surface area contributed by atoms with Crippen molar-refractivity contribution in [3.63, 3.8) is 0 Å². The van der Waals surface area contributed by atoms with Crippen LogP contribution in [0.2, 0.25) is 0 Å².